The van der Waals surface area contributed by atoms with Gasteiger partial charge in [0.15, 0.2) is 5.82 Å². The minimum atomic E-state index is -0.692. The maximum absolute atomic E-state index is 10.1. The monoisotopic (exact) mass is 183 g/mol. The second-order valence-electron chi connectivity index (χ2n) is 3.51. The van der Waals surface area contributed by atoms with Gasteiger partial charge in [-0.2, -0.15) is 5.21 Å². The quantitative estimate of drug-likeness (QED) is 0.539. The number of nitrogens with zero attached hydrogens (tertiary/aromatic N) is 3. The molecule has 0 saturated carbocycles. The lowest BCUT2D eigenvalue weighted by Crippen LogP contribution is -2.47. The molecule has 0 amide bonds. The van der Waals surface area contributed by atoms with E-state index in [9.17, 15) is 5.11 Å². The van der Waals surface area contributed by atoms with Gasteiger partial charge in [0.05, 0.1) is 5.60 Å². The van der Waals surface area contributed by atoms with Gasteiger partial charge in [-0.15, -0.1) is 10.2 Å². The summed E-state index contributed by atoms with van der Waals surface area (Å²) in [4.78, 5) is 0. The predicted molar refractivity (Wildman–Crippen MR) is 44.9 cm³/mol. The minimum absolute atomic E-state index is 0.469. The Hall–Kier alpha value is -1.01. The van der Waals surface area contributed by atoms with Crippen molar-refractivity contribution in [2.24, 2.45) is 0 Å². The number of aromatic nitrogens is 4. The van der Waals surface area contributed by atoms with Crippen LogP contribution in [0.15, 0.2) is 0 Å². The average molecular weight is 183 g/mol. The molecule has 1 aromatic rings. The first-order valence-corrected chi connectivity index (χ1v) is 4.44. The summed E-state index contributed by atoms with van der Waals surface area (Å²) in [6.45, 7) is 1.59. The summed E-state index contributed by atoms with van der Waals surface area (Å²) in [6, 6.07) is 0. The lowest BCUT2D eigenvalue weighted by Gasteiger charge is -2.31. The highest BCUT2D eigenvalue weighted by atomic mass is 16.3. The summed E-state index contributed by atoms with van der Waals surface area (Å²) >= 11 is 0. The molecule has 1 aliphatic rings. The molecule has 0 bridgehead atoms. The van der Waals surface area contributed by atoms with E-state index in [1.165, 1.54) is 0 Å². The van der Waals surface area contributed by atoms with Gasteiger partial charge in [0.1, 0.15) is 0 Å². The highest BCUT2D eigenvalue weighted by molar-refractivity contribution is 4.94. The van der Waals surface area contributed by atoms with Crippen LogP contribution in [0, 0.1) is 0 Å². The summed E-state index contributed by atoms with van der Waals surface area (Å²) < 4.78 is 0. The van der Waals surface area contributed by atoms with E-state index in [1.807, 2.05) is 0 Å². The van der Waals surface area contributed by atoms with Gasteiger partial charge in [-0.25, -0.2) is 0 Å². The maximum Gasteiger partial charge on any atom is 0.177 e. The molecule has 2 rings (SSSR count). The lowest BCUT2D eigenvalue weighted by molar-refractivity contribution is 0.0152. The van der Waals surface area contributed by atoms with Crippen LogP contribution in [0.25, 0.3) is 0 Å². The zero-order valence-electron chi connectivity index (χ0n) is 7.32. The molecule has 1 unspecified atom stereocenters. The fourth-order valence-corrected chi connectivity index (χ4v) is 1.65. The van der Waals surface area contributed by atoms with Crippen molar-refractivity contribution >= 4 is 0 Å². The van der Waals surface area contributed by atoms with Crippen LogP contribution in [-0.4, -0.2) is 44.4 Å². The van der Waals surface area contributed by atoms with Crippen LogP contribution < -0.4 is 5.32 Å². The van der Waals surface area contributed by atoms with Gasteiger partial charge < -0.3 is 10.4 Å². The molecule has 1 saturated heterocycles. The van der Waals surface area contributed by atoms with Crippen LogP contribution in [0.4, 0.5) is 0 Å². The number of hydrogen-bond donors (Lipinski definition) is 3. The van der Waals surface area contributed by atoms with Crippen molar-refractivity contribution in [3.05, 3.63) is 5.82 Å². The Balaban J connectivity index is 1.99. The number of aliphatic hydroxyl groups is 1. The van der Waals surface area contributed by atoms with Gasteiger partial charge >= 0.3 is 0 Å². The molecule has 0 spiro atoms. The molecule has 6 nitrogen and oxygen atoms in total. The van der Waals surface area contributed by atoms with Gasteiger partial charge in [-0.1, -0.05) is 5.21 Å². The van der Waals surface area contributed by atoms with Crippen LogP contribution in [-0.2, 0) is 6.42 Å². The van der Waals surface area contributed by atoms with Crippen LogP contribution in [0.5, 0.6) is 0 Å². The standard InChI is InChI=1S/C7H13N5O/c13-7(2-1-3-8-5-7)4-6-9-11-12-10-6/h8,13H,1-5H2,(H,9,10,11,12). The maximum atomic E-state index is 10.1. The van der Waals surface area contributed by atoms with E-state index in [0.717, 1.165) is 19.4 Å². The Labute approximate surface area is 75.7 Å². The van der Waals surface area contributed by atoms with E-state index in [0.29, 0.717) is 18.8 Å². The molecule has 0 aliphatic carbocycles. The molecule has 6 heteroatoms. The van der Waals surface area contributed by atoms with Gasteiger partial charge in [0.25, 0.3) is 0 Å². The summed E-state index contributed by atoms with van der Waals surface area (Å²) in [5.41, 5.74) is -0.692. The number of nitrogens with one attached hydrogen (secondary N) is 2. The summed E-state index contributed by atoms with van der Waals surface area (Å²) in [6.07, 6.45) is 2.26. The van der Waals surface area contributed by atoms with Crippen molar-refractivity contribution < 1.29 is 5.11 Å². The van der Waals surface area contributed by atoms with E-state index in [-0.39, 0.29) is 0 Å². The van der Waals surface area contributed by atoms with Gasteiger partial charge in [-0.3, -0.25) is 0 Å². The van der Waals surface area contributed by atoms with Gasteiger partial charge in [0.2, 0.25) is 0 Å². The Bertz CT molecular complexity index is 254. The van der Waals surface area contributed by atoms with Crippen molar-refractivity contribution in [2.75, 3.05) is 13.1 Å². The van der Waals surface area contributed by atoms with Crippen molar-refractivity contribution in [1.82, 2.24) is 25.9 Å². The van der Waals surface area contributed by atoms with Crippen molar-refractivity contribution in [3.63, 3.8) is 0 Å². The van der Waals surface area contributed by atoms with Crippen LogP contribution >= 0.6 is 0 Å². The Morgan fingerprint density at radius 2 is 2.46 bits per heavy atom. The molecule has 1 atom stereocenters. The molecule has 3 N–H and O–H groups in total. The predicted octanol–water partition coefficient (Wildman–Crippen LogP) is -1.14. The van der Waals surface area contributed by atoms with Crippen molar-refractivity contribution in [1.29, 1.82) is 0 Å². The number of rotatable bonds is 2. The third-order valence-corrected chi connectivity index (χ3v) is 2.33. The lowest BCUT2D eigenvalue weighted by atomic mass is 9.91. The minimum Gasteiger partial charge on any atom is -0.388 e. The second-order valence-corrected chi connectivity index (χ2v) is 3.51. The summed E-state index contributed by atoms with van der Waals surface area (Å²) in [7, 11) is 0. The fraction of sp³-hybridized carbons (Fsp3) is 0.857. The largest absolute Gasteiger partial charge is 0.388 e. The van der Waals surface area contributed by atoms with Crippen LogP contribution in [0.1, 0.15) is 18.7 Å². The van der Waals surface area contributed by atoms with Crippen LogP contribution in [0.3, 0.4) is 0 Å². The number of H-pyrrole nitrogens is 1. The number of hydrogen-bond acceptors (Lipinski definition) is 5. The third-order valence-electron chi connectivity index (χ3n) is 2.33. The molecule has 0 radical (unpaired) electrons. The highest BCUT2D eigenvalue weighted by Crippen LogP contribution is 2.18. The van der Waals surface area contributed by atoms with E-state index >= 15 is 0 Å². The Morgan fingerprint density at radius 3 is 3.08 bits per heavy atom. The normalized spacial score (nSPS) is 29.0. The number of tetrazole rings is 1. The molecule has 13 heavy (non-hydrogen) atoms. The molecule has 1 aliphatic heterocycles. The first-order chi connectivity index (χ1) is 6.29. The Kier molecular flexibility index (Phi) is 2.24. The molecular weight excluding hydrogens is 170 g/mol. The first kappa shape index (κ1) is 8.58. The third kappa shape index (κ3) is 2.02. The van der Waals surface area contributed by atoms with E-state index in [2.05, 4.69) is 25.9 Å². The van der Waals surface area contributed by atoms with Gasteiger partial charge in [-0.05, 0) is 19.4 Å². The molecule has 1 aromatic heterocycles. The highest BCUT2D eigenvalue weighted by Gasteiger charge is 2.30. The number of aromatic amines is 1. The second kappa shape index (κ2) is 3.39. The van der Waals surface area contributed by atoms with Gasteiger partial charge in [0, 0.05) is 13.0 Å². The first-order valence-electron chi connectivity index (χ1n) is 4.44. The smallest absolute Gasteiger partial charge is 0.177 e. The van der Waals surface area contributed by atoms with Crippen molar-refractivity contribution in [3.8, 4) is 0 Å². The molecule has 2 heterocycles. The molecular formula is C7H13N5O. The van der Waals surface area contributed by atoms with E-state index in [1.54, 1.807) is 0 Å². The zero-order chi connectivity index (χ0) is 9.15. The molecule has 1 fully saturated rings. The average Bonchev–Trinajstić information content (AvgIpc) is 2.57. The van der Waals surface area contributed by atoms with Crippen molar-refractivity contribution in [2.45, 2.75) is 24.9 Å². The molecule has 0 aromatic carbocycles. The van der Waals surface area contributed by atoms with E-state index in [4.69, 9.17) is 0 Å². The summed E-state index contributed by atoms with van der Waals surface area (Å²) in [5, 5.41) is 26.7. The summed E-state index contributed by atoms with van der Waals surface area (Å²) in [5.74, 6) is 0.575. The topological polar surface area (TPSA) is 86.7 Å². The number of β-amino-alcohol motifs (C(OH)–C–C–N with tert-alkyl or cyclic N) is 1. The Morgan fingerprint density at radius 1 is 1.54 bits per heavy atom. The number of piperidine rings is 1. The SMILES string of the molecule is OC1(Cc2nn[nH]n2)CCCNC1. The van der Waals surface area contributed by atoms with E-state index < -0.39 is 5.60 Å². The zero-order valence-corrected chi connectivity index (χ0v) is 7.32. The fourth-order valence-electron chi connectivity index (χ4n) is 1.65. The molecule has 72 valence electrons. The van der Waals surface area contributed by atoms with Crippen LogP contribution in [0.2, 0.25) is 0 Å².